The van der Waals surface area contributed by atoms with E-state index in [9.17, 15) is 0 Å². The van der Waals surface area contributed by atoms with E-state index in [0.29, 0.717) is 17.6 Å². The minimum absolute atomic E-state index is 0.149. The summed E-state index contributed by atoms with van der Waals surface area (Å²) in [5.74, 6) is 1.72. The van der Waals surface area contributed by atoms with Gasteiger partial charge in [0, 0.05) is 54.8 Å². The van der Waals surface area contributed by atoms with E-state index in [1.165, 1.54) is 0 Å². The molecule has 29 heavy (non-hydrogen) atoms. The van der Waals surface area contributed by atoms with Gasteiger partial charge in [-0.05, 0) is 32.8 Å². The Morgan fingerprint density at radius 2 is 2.17 bits per heavy atom. The first-order chi connectivity index (χ1) is 14.0. The van der Waals surface area contributed by atoms with Crippen molar-refractivity contribution in [3.63, 3.8) is 0 Å². The number of imidazole rings is 1. The van der Waals surface area contributed by atoms with E-state index < -0.39 is 0 Å². The summed E-state index contributed by atoms with van der Waals surface area (Å²) in [7, 11) is 1.62. The number of fused-ring (bicyclic) bond motifs is 2. The fraction of sp³-hybridized carbons (Fsp3) is 0.400. The van der Waals surface area contributed by atoms with E-state index in [4.69, 9.17) is 9.47 Å². The molecular weight excluding hydrogens is 370 g/mol. The third-order valence-electron chi connectivity index (χ3n) is 5.26. The number of hydrogen-bond acceptors (Lipinski definition) is 7. The number of aromatic nitrogens is 6. The van der Waals surface area contributed by atoms with E-state index in [2.05, 4.69) is 39.2 Å². The van der Waals surface area contributed by atoms with Gasteiger partial charge in [0.15, 0.2) is 0 Å². The summed E-state index contributed by atoms with van der Waals surface area (Å²) in [6.45, 7) is 4.94. The van der Waals surface area contributed by atoms with Crippen LogP contribution in [0.2, 0.25) is 0 Å². The van der Waals surface area contributed by atoms with E-state index >= 15 is 0 Å². The molecule has 5 rings (SSSR count). The van der Waals surface area contributed by atoms with Gasteiger partial charge in [-0.2, -0.15) is 4.98 Å². The molecule has 1 fully saturated rings. The van der Waals surface area contributed by atoms with Gasteiger partial charge in [-0.3, -0.25) is 4.40 Å². The summed E-state index contributed by atoms with van der Waals surface area (Å²) >= 11 is 0. The van der Waals surface area contributed by atoms with Crippen LogP contribution in [0, 0.1) is 0 Å². The first kappa shape index (κ1) is 17.9. The van der Waals surface area contributed by atoms with Crippen LogP contribution in [0.4, 0.5) is 5.95 Å². The number of anilines is 1. The second kappa shape index (κ2) is 6.70. The molecule has 1 aliphatic rings. The Hall–Kier alpha value is -3.20. The highest BCUT2D eigenvalue weighted by molar-refractivity contribution is 5.84. The van der Waals surface area contributed by atoms with Crippen molar-refractivity contribution in [1.82, 2.24) is 29.0 Å². The Morgan fingerprint density at radius 1 is 1.28 bits per heavy atom. The number of ether oxygens (including phenoxy) is 2. The molecule has 4 aromatic heterocycles. The summed E-state index contributed by atoms with van der Waals surface area (Å²) < 4.78 is 15.1. The van der Waals surface area contributed by atoms with Gasteiger partial charge < -0.3 is 14.8 Å². The van der Waals surface area contributed by atoms with Gasteiger partial charge in [-0.25, -0.2) is 14.5 Å². The van der Waals surface area contributed by atoms with Crippen molar-refractivity contribution < 1.29 is 9.47 Å². The molecule has 0 radical (unpaired) electrons. The summed E-state index contributed by atoms with van der Waals surface area (Å²) in [4.78, 5) is 13.2. The lowest BCUT2D eigenvalue weighted by atomic mass is 9.94. The largest absolute Gasteiger partial charge is 0.479 e. The molecule has 1 aliphatic heterocycles. The standard InChI is InChI=1S/C20H23N7O2/c1-20(2)10-14(5-9-29-20)23-18-24-17(28-3)16-15(4-7-27(16)25-18)13-11-22-19-21-6-8-26(19)12-13/h4,6-8,11-12,14H,5,9-10H2,1-3H3,(H,23,25). The molecule has 9 nitrogen and oxygen atoms in total. The molecular formula is C20H23N7O2. The van der Waals surface area contributed by atoms with Crippen LogP contribution in [0.1, 0.15) is 26.7 Å². The van der Waals surface area contributed by atoms with Gasteiger partial charge in [0.25, 0.3) is 0 Å². The van der Waals surface area contributed by atoms with Gasteiger partial charge in [-0.15, -0.1) is 5.10 Å². The molecule has 0 bridgehead atoms. The highest BCUT2D eigenvalue weighted by Gasteiger charge is 2.29. The van der Waals surface area contributed by atoms with Crippen molar-refractivity contribution in [3.8, 4) is 17.0 Å². The van der Waals surface area contributed by atoms with Gasteiger partial charge in [-0.1, -0.05) is 0 Å². The maximum atomic E-state index is 5.80. The Balaban J connectivity index is 1.52. The van der Waals surface area contributed by atoms with E-state index in [-0.39, 0.29) is 11.6 Å². The zero-order valence-electron chi connectivity index (χ0n) is 16.7. The topological polar surface area (TPSA) is 90.9 Å². The lowest BCUT2D eigenvalue weighted by molar-refractivity contribution is -0.0554. The third-order valence-corrected chi connectivity index (χ3v) is 5.26. The van der Waals surface area contributed by atoms with Crippen molar-refractivity contribution in [3.05, 3.63) is 37.1 Å². The molecule has 1 saturated heterocycles. The van der Waals surface area contributed by atoms with Gasteiger partial charge >= 0.3 is 0 Å². The zero-order chi connectivity index (χ0) is 20.0. The number of nitrogens with one attached hydrogen (secondary N) is 1. The molecule has 0 spiro atoms. The summed E-state index contributed by atoms with van der Waals surface area (Å²) in [5, 5.41) is 8.10. The molecule has 0 saturated carbocycles. The van der Waals surface area contributed by atoms with Crippen LogP contribution in [-0.4, -0.2) is 54.3 Å². The van der Waals surface area contributed by atoms with Crippen LogP contribution >= 0.6 is 0 Å². The molecule has 1 atom stereocenters. The highest BCUT2D eigenvalue weighted by Crippen LogP contribution is 2.32. The van der Waals surface area contributed by atoms with Crippen molar-refractivity contribution in [2.45, 2.75) is 38.3 Å². The molecule has 4 aromatic rings. The Kier molecular flexibility index (Phi) is 4.13. The van der Waals surface area contributed by atoms with E-state index in [1.54, 1.807) is 24.0 Å². The molecule has 150 valence electrons. The van der Waals surface area contributed by atoms with Crippen LogP contribution in [-0.2, 0) is 4.74 Å². The number of nitrogens with zero attached hydrogens (tertiary/aromatic N) is 6. The average Bonchev–Trinajstić information content (AvgIpc) is 3.32. The second-order valence-electron chi connectivity index (χ2n) is 7.89. The number of hydrogen-bond donors (Lipinski definition) is 1. The third kappa shape index (κ3) is 3.27. The lowest BCUT2D eigenvalue weighted by Gasteiger charge is -2.35. The van der Waals surface area contributed by atoms with Crippen LogP contribution in [0.15, 0.2) is 37.1 Å². The minimum Gasteiger partial charge on any atom is -0.479 e. The van der Waals surface area contributed by atoms with Crippen LogP contribution in [0.25, 0.3) is 22.4 Å². The quantitative estimate of drug-likeness (QED) is 0.570. The SMILES string of the molecule is COc1nc(NC2CCOC(C)(C)C2)nn2ccc(-c3cnc4nccn4c3)c12. The minimum atomic E-state index is -0.149. The maximum absolute atomic E-state index is 5.80. The van der Waals surface area contributed by atoms with Gasteiger partial charge in [0.2, 0.25) is 17.6 Å². The summed E-state index contributed by atoms with van der Waals surface area (Å²) in [6, 6.07) is 2.25. The van der Waals surface area contributed by atoms with Crippen LogP contribution in [0.5, 0.6) is 5.88 Å². The fourth-order valence-corrected chi connectivity index (χ4v) is 3.92. The predicted octanol–water partition coefficient (Wildman–Crippen LogP) is 2.82. The smallest absolute Gasteiger partial charge is 0.244 e. The Bertz CT molecular complexity index is 1180. The normalized spacial score (nSPS) is 18.9. The van der Waals surface area contributed by atoms with Crippen molar-refractivity contribution in [1.29, 1.82) is 0 Å². The number of rotatable bonds is 4. The zero-order valence-corrected chi connectivity index (χ0v) is 16.7. The van der Waals surface area contributed by atoms with Crippen LogP contribution < -0.4 is 10.1 Å². The summed E-state index contributed by atoms with van der Waals surface area (Å²) in [5.41, 5.74) is 2.53. The first-order valence-corrected chi connectivity index (χ1v) is 9.65. The molecule has 5 heterocycles. The van der Waals surface area contributed by atoms with E-state index in [1.807, 2.05) is 29.1 Å². The Labute approximate surface area is 167 Å². The molecule has 0 aliphatic carbocycles. The van der Waals surface area contributed by atoms with Crippen LogP contribution in [0.3, 0.4) is 0 Å². The van der Waals surface area contributed by atoms with Crippen molar-refractivity contribution in [2.24, 2.45) is 0 Å². The van der Waals surface area contributed by atoms with E-state index in [0.717, 1.165) is 36.1 Å². The molecule has 0 amide bonds. The maximum Gasteiger partial charge on any atom is 0.244 e. The van der Waals surface area contributed by atoms with Gasteiger partial charge in [0.1, 0.15) is 5.52 Å². The second-order valence-corrected chi connectivity index (χ2v) is 7.89. The summed E-state index contributed by atoms with van der Waals surface area (Å²) in [6.07, 6.45) is 11.1. The fourth-order valence-electron chi connectivity index (χ4n) is 3.92. The monoisotopic (exact) mass is 393 g/mol. The van der Waals surface area contributed by atoms with Gasteiger partial charge in [0.05, 0.1) is 12.7 Å². The highest BCUT2D eigenvalue weighted by atomic mass is 16.5. The molecule has 9 heteroatoms. The van der Waals surface area contributed by atoms with Crippen molar-refractivity contribution in [2.75, 3.05) is 19.0 Å². The average molecular weight is 393 g/mol. The predicted molar refractivity (Wildman–Crippen MR) is 108 cm³/mol. The molecule has 0 aromatic carbocycles. The molecule has 1 N–H and O–H groups in total. The van der Waals surface area contributed by atoms with Crippen molar-refractivity contribution >= 4 is 17.2 Å². The Morgan fingerprint density at radius 3 is 3.00 bits per heavy atom. The lowest BCUT2D eigenvalue weighted by Crippen LogP contribution is -2.40. The first-order valence-electron chi connectivity index (χ1n) is 9.65. The molecule has 1 unspecified atom stereocenters. The number of methoxy groups -OCH3 is 1.